The van der Waals surface area contributed by atoms with Crippen molar-refractivity contribution in [1.29, 1.82) is 0 Å². The quantitative estimate of drug-likeness (QED) is 0.873. The van der Waals surface area contributed by atoms with Gasteiger partial charge >= 0.3 is 0 Å². The van der Waals surface area contributed by atoms with Crippen molar-refractivity contribution in [3.8, 4) is 0 Å². The van der Waals surface area contributed by atoms with Crippen LogP contribution in [0.25, 0.3) is 0 Å². The molecule has 3 heteroatoms. The van der Waals surface area contributed by atoms with Crippen LogP contribution < -0.4 is 10.6 Å². The third-order valence-corrected chi connectivity index (χ3v) is 2.85. The summed E-state index contributed by atoms with van der Waals surface area (Å²) in [6.45, 7) is 8.53. The molecule has 0 saturated carbocycles. The highest BCUT2D eigenvalue weighted by Gasteiger charge is 2.30. The first kappa shape index (κ1) is 13.7. The van der Waals surface area contributed by atoms with E-state index < -0.39 is 6.04 Å². The molecule has 0 saturated heterocycles. The number of anilines is 1. The van der Waals surface area contributed by atoms with Crippen LogP contribution in [-0.4, -0.2) is 18.5 Å². The zero-order chi connectivity index (χ0) is 13.1. The number of carbonyl (C=O) groups excluding carboxylic acids is 1. The standard InChI is InChI=1S/C14H22N2O/c1-5-16(11-9-7-6-8-10-11)13(17)12(15)14(2,3)4/h6-10,12H,5,15H2,1-4H3/t12-/m1/s1. The SMILES string of the molecule is CCN(C(=O)[C@@H](N)C(C)(C)C)c1ccccc1. The highest BCUT2D eigenvalue weighted by atomic mass is 16.2. The average molecular weight is 234 g/mol. The van der Waals surface area contributed by atoms with Crippen LogP contribution in [0.5, 0.6) is 0 Å². The van der Waals surface area contributed by atoms with Gasteiger partial charge in [-0.1, -0.05) is 39.0 Å². The highest BCUT2D eigenvalue weighted by Crippen LogP contribution is 2.22. The van der Waals surface area contributed by atoms with Gasteiger partial charge in [-0.15, -0.1) is 0 Å². The molecule has 0 bridgehead atoms. The second-order valence-corrected chi connectivity index (χ2v) is 5.26. The summed E-state index contributed by atoms with van der Waals surface area (Å²) in [5.41, 5.74) is 6.70. The number of para-hydroxylation sites is 1. The Hall–Kier alpha value is -1.35. The van der Waals surface area contributed by atoms with Gasteiger partial charge in [-0.25, -0.2) is 0 Å². The van der Waals surface area contributed by atoms with Crippen molar-refractivity contribution in [3.05, 3.63) is 30.3 Å². The lowest BCUT2D eigenvalue weighted by Gasteiger charge is -2.31. The van der Waals surface area contributed by atoms with E-state index in [2.05, 4.69) is 0 Å². The molecule has 0 aromatic heterocycles. The van der Waals surface area contributed by atoms with Crippen LogP contribution >= 0.6 is 0 Å². The van der Waals surface area contributed by atoms with Gasteiger partial charge in [-0.05, 0) is 24.5 Å². The van der Waals surface area contributed by atoms with Gasteiger partial charge in [0.1, 0.15) is 0 Å². The minimum atomic E-state index is -0.484. The fourth-order valence-corrected chi connectivity index (χ4v) is 1.61. The van der Waals surface area contributed by atoms with E-state index in [0.717, 1.165) is 5.69 Å². The van der Waals surface area contributed by atoms with Crippen LogP contribution in [-0.2, 0) is 4.79 Å². The Bertz CT molecular complexity index is 368. The number of likely N-dealkylation sites (N-methyl/N-ethyl adjacent to an activating group) is 1. The predicted molar refractivity (Wildman–Crippen MR) is 71.9 cm³/mol. The third kappa shape index (κ3) is 3.30. The van der Waals surface area contributed by atoms with E-state index >= 15 is 0 Å². The summed E-state index contributed by atoms with van der Waals surface area (Å²) >= 11 is 0. The van der Waals surface area contributed by atoms with Crippen molar-refractivity contribution in [2.24, 2.45) is 11.1 Å². The summed E-state index contributed by atoms with van der Waals surface area (Å²) < 4.78 is 0. The molecule has 94 valence electrons. The molecule has 1 atom stereocenters. The summed E-state index contributed by atoms with van der Waals surface area (Å²) in [7, 11) is 0. The van der Waals surface area contributed by atoms with Crippen molar-refractivity contribution < 1.29 is 4.79 Å². The topological polar surface area (TPSA) is 46.3 Å². The van der Waals surface area contributed by atoms with E-state index in [0.29, 0.717) is 6.54 Å². The van der Waals surface area contributed by atoms with Crippen molar-refractivity contribution in [2.45, 2.75) is 33.7 Å². The summed E-state index contributed by atoms with van der Waals surface area (Å²) in [6.07, 6.45) is 0. The number of nitrogens with zero attached hydrogens (tertiary/aromatic N) is 1. The fourth-order valence-electron chi connectivity index (χ4n) is 1.61. The minimum Gasteiger partial charge on any atom is -0.319 e. The number of amides is 1. The molecule has 0 radical (unpaired) electrons. The number of hydrogen-bond acceptors (Lipinski definition) is 2. The molecule has 0 aliphatic heterocycles. The van der Waals surface area contributed by atoms with Crippen LogP contribution in [0.2, 0.25) is 0 Å². The molecule has 0 spiro atoms. The number of carbonyl (C=O) groups is 1. The second-order valence-electron chi connectivity index (χ2n) is 5.26. The van der Waals surface area contributed by atoms with E-state index in [-0.39, 0.29) is 11.3 Å². The number of rotatable bonds is 3. The first-order chi connectivity index (χ1) is 7.88. The number of benzene rings is 1. The molecular formula is C14H22N2O. The summed E-state index contributed by atoms with van der Waals surface area (Å²) in [5, 5.41) is 0. The minimum absolute atomic E-state index is 0.0220. The number of hydrogen-bond donors (Lipinski definition) is 1. The zero-order valence-electron chi connectivity index (χ0n) is 11.1. The molecule has 1 rings (SSSR count). The van der Waals surface area contributed by atoms with E-state index in [1.165, 1.54) is 0 Å². The Morgan fingerprint density at radius 1 is 1.29 bits per heavy atom. The zero-order valence-corrected chi connectivity index (χ0v) is 11.1. The van der Waals surface area contributed by atoms with Crippen molar-refractivity contribution in [2.75, 3.05) is 11.4 Å². The Balaban J connectivity index is 2.93. The van der Waals surface area contributed by atoms with E-state index in [9.17, 15) is 4.79 Å². The van der Waals surface area contributed by atoms with Gasteiger partial charge < -0.3 is 10.6 Å². The molecule has 1 aromatic carbocycles. The molecule has 17 heavy (non-hydrogen) atoms. The van der Waals surface area contributed by atoms with E-state index in [1.54, 1.807) is 4.90 Å². The fraction of sp³-hybridized carbons (Fsp3) is 0.500. The molecule has 0 fully saturated rings. The number of nitrogens with two attached hydrogens (primary N) is 1. The molecule has 1 aromatic rings. The monoisotopic (exact) mass is 234 g/mol. The van der Waals surface area contributed by atoms with Gasteiger partial charge in [0.15, 0.2) is 0 Å². The normalized spacial score (nSPS) is 13.2. The lowest BCUT2D eigenvalue weighted by atomic mass is 9.86. The largest absolute Gasteiger partial charge is 0.319 e. The van der Waals surface area contributed by atoms with E-state index in [4.69, 9.17) is 5.73 Å². The van der Waals surface area contributed by atoms with Gasteiger partial charge in [-0.2, -0.15) is 0 Å². The van der Waals surface area contributed by atoms with Crippen LogP contribution in [0.3, 0.4) is 0 Å². The molecule has 3 nitrogen and oxygen atoms in total. The van der Waals surface area contributed by atoms with Crippen molar-refractivity contribution >= 4 is 11.6 Å². The Kier molecular flexibility index (Phi) is 4.29. The molecular weight excluding hydrogens is 212 g/mol. The molecule has 2 N–H and O–H groups in total. The molecule has 0 aliphatic carbocycles. The highest BCUT2D eigenvalue weighted by molar-refractivity contribution is 5.97. The van der Waals surface area contributed by atoms with Crippen molar-refractivity contribution in [1.82, 2.24) is 0 Å². The van der Waals surface area contributed by atoms with Crippen LogP contribution in [0.15, 0.2) is 30.3 Å². The molecule has 0 heterocycles. The van der Waals surface area contributed by atoms with Crippen molar-refractivity contribution in [3.63, 3.8) is 0 Å². The Morgan fingerprint density at radius 2 is 1.82 bits per heavy atom. The van der Waals surface area contributed by atoms with E-state index in [1.807, 2.05) is 58.0 Å². The van der Waals surface area contributed by atoms with Gasteiger partial charge in [-0.3, -0.25) is 4.79 Å². The lowest BCUT2D eigenvalue weighted by Crippen LogP contribution is -2.50. The van der Waals surface area contributed by atoms with Gasteiger partial charge in [0, 0.05) is 12.2 Å². The predicted octanol–water partition coefficient (Wildman–Crippen LogP) is 2.41. The smallest absolute Gasteiger partial charge is 0.244 e. The first-order valence-corrected chi connectivity index (χ1v) is 6.00. The average Bonchev–Trinajstić information content (AvgIpc) is 2.29. The molecule has 0 unspecified atom stereocenters. The maximum Gasteiger partial charge on any atom is 0.244 e. The maximum atomic E-state index is 12.3. The summed E-state index contributed by atoms with van der Waals surface area (Å²) in [5.74, 6) is -0.0220. The van der Waals surface area contributed by atoms with Gasteiger partial charge in [0.25, 0.3) is 0 Å². The lowest BCUT2D eigenvalue weighted by molar-refractivity contribution is -0.121. The first-order valence-electron chi connectivity index (χ1n) is 6.00. The second kappa shape index (κ2) is 5.32. The maximum absolute atomic E-state index is 12.3. The van der Waals surface area contributed by atoms with Crippen LogP contribution in [0, 0.1) is 5.41 Å². The van der Waals surface area contributed by atoms with Crippen LogP contribution in [0.1, 0.15) is 27.7 Å². The summed E-state index contributed by atoms with van der Waals surface area (Å²) in [6, 6.07) is 9.16. The third-order valence-electron chi connectivity index (χ3n) is 2.85. The molecule has 0 aliphatic rings. The van der Waals surface area contributed by atoms with Crippen LogP contribution in [0.4, 0.5) is 5.69 Å². The Labute approximate surface area is 104 Å². The Morgan fingerprint density at radius 3 is 2.24 bits per heavy atom. The molecule has 1 amide bonds. The van der Waals surface area contributed by atoms with Gasteiger partial charge in [0.2, 0.25) is 5.91 Å². The summed E-state index contributed by atoms with van der Waals surface area (Å²) in [4.78, 5) is 14.1. The van der Waals surface area contributed by atoms with Gasteiger partial charge in [0.05, 0.1) is 6.04 Å².